The summed E-state index contributed by atoms with van der Waals surface area (Å²) < 4.78 is 0. The van der Waals surface area contributed by atoms with Gasteiger partial charge in [-0.2, -0.15) is 0 Å². The zero-order valence-corrected chi connectivity index (χ0v) is 11.5. The van der Waals surface area contributed by atoms with Crippen molar-refractivity contribution in [3.05, 3.63) is 23.8 Å². The number of nitrogens with zero attached hydrogens (tertiary/aromatic N) is 1. The third-order valence-electron chi connectivity index (χ3n) is 2.74. The third-order valence-corrected chi connectivity index (χ3v) is 2.74. The van der Waals surface area contributed by atoms with Crippen LogP contribution in [-0.2, 0) is 0 Å². The van der Waals surface area contributed by atoms with E-state index in [0.717, 1.165) is 0 Å². The first-order valence-electron chi connectivity index (χ1n) is 6.12. The minimum Gasteiger partial charge on any atom is -0.508 e. The molecule has 1 aromatic rings. The Morgan fingerprint density at radius 1 is 1.32 bits per heavy atom. The molecule has 2 amide bonds. The summed E-state index contributed by atoms with van der Waals surface area (Å²) in [6.45, 7) is 2.99. The molecule has 0 aliphatic carbocycles. The van der Waals surface area contributed by atoms with Crippen molar-refractivity contribution in [2.75, 3.05) is 27.2 Å². The number of carbonyl (C=O) groups excluding carboxylic acids is 1. The number of phenols is 2. The van der Waals surface area contributed by atoms with Crippen LogP contribution in [0.5, 0.6) is 11.5 Å². The van der Waals surface area contributed by atoms with E-state index >= 15 is 0 Å². The predicted octanol–water partition coefficient (Wildman–Crippen LogP) is 1.02. The van der Waals surface area contributed by atoms with Gasteiger partial charge < -0.3 is 25.7 Å². The van der Waals surface area contributed by atoms with Crippen LogP contribution in [0.3, 0.4) is 0 Å². The fourth-order valence-corrected chi connectivity index (χ4v) is 1.62. The number of amides is 2. The summed E-state index contributed by atoms with van der Waals surface area (Å²) >= 11 is 0. The average Bonchev–Trinajstić information content (AvgIpc) is 2.33. The first-order valence-corrected chi connectivity index (χ1v) is 6.12. The normalized spacial score (nSPS) is 11.9. The van der Waals surface area contributed by atoms with Gasteiger partial charge in [-0.3, -0.25) is 0 Å². The molecule has 4 N–H and O–H groups in total. The van der Waals surface area contributed by atoms with Crippen LogP contribution in [-0.4, -0.2) is 48.3 Å². The van der Waals surface area contributed by atoms with E-state index in [1.165, 1.54) is 17.0 Å². The Kier molecular flexibility index (Phi) is 5.44. The summed E-state index contributed by atoms with van der Waals surface area (Å²) in [5.74, 6) is 0.0871. The number of benzene rings is 1. The largest absolute Gasteiger partial charge is 0.508 e. The Morgan fingerprint density at radius 2 is 2.00 bits per heavy atom. The van der Waals surface area contributed by atoms with Crippen LogP contribution < -0.4 is 10.6 Å². The highest BCUT2D eigenvalue weighted by molar-refractivity contribution is 5.73. The van der Waals surface area contributed by atoms with Crippen LogP contribution in [0.15, 0.2) is 18.2 Å². The Morgan fingerprint density at radius 3 is 2.58 bits per heavy atom. The molecule has 0 bridgehead atoms. The van der Waals surface area contributed by atoms with Gasteiger partial charge in [0.2, 0.25) is 0 Å². The molecule has 0 saturated heterocycles. The van der Waals surface area contributed by atoms with E-state index < -0.39 is 0 Å². The molecule has 6 heteroatoms. The topological polar surface area (TPSA) is 84.8 Å². The standard InChI is InChI=1S/C13H21N3O3/c1-9(11-5-4-10(17)8-12(11)18)14-6-7-15-13(19)16(2)3/h4-5,8-9,14,17-18H,6-7H2,1-3H3,(H,15,19). The lowest BCUT2D eigenvalue weighted by atomic mass is 10.1. The van der Waals surface area contributed by atoms with Gasteiger partial charge in [0.25, 0.3) is 0 Å². The highest BCUT2D eigenvalue weighted by Crippen LogP contribution is 2.27. The number of hydrogen-bond acceptors (Lipinski definition) is 4. The summed E-state index contributed by atoms with van der Waals surface area (Å²) in [5, 5.41) is 24.8. The number of carbonyl (C=O) groups is 1. The molecule has 0 aliphatic rings. The molecule has 0 saturated carbocycles. The lowest BCUT2D eigenvalue weighted by molar-refractivity contribution is 0.217. The number of nitrogens with one attached hydrogen (secondary N) is 2. The van der Waals surface area contributed by atoms with E-state index in [9.17, 15) is 15.0 Å². The van der Waals surface area contributed by atoms with Crippen molar-refractivity contribution in [1.82, 2.24) is 15.5 Å². The molecular weight excluding hydrogens is 246 g/mol. The smallest absolute Gasteiger partial charge is 0.316 e. The molecule has 0 aliphatic heterocycles. The van der Waals surface area contributed by atoms with Crippen molar-refractivity contribution < 1.29 is 15.0 Å². The average molecular weight is 267 g/mol. The van der Waals surface area contributed by atoms with Gasteiger partial charge in [0.1, 0.15) is 11.5 Å². The molecule has 6 nitrogen and oxygen atoms in total. The van der Waals surface area contributed by atoms with Crippen molar-refractivity contribution in [3.8, 4) is 11.5 Å². The lowest BCUT2D eigenvalue weighted by Crippen LogP contribution is -2.38. The molecule has 1 rings (SSSR count). The number of hydrogen-bond donors (Lipinski definition) is 4. The first-order chi connectivity index (χ1) is 8.91. The van der Waals surface area contributed by atoms with E-state index in [1.54, 1.807) is 20.2 Å². The van der Waals surface area contributed by atoms with Gasteiger partial charge in [-0.05, 0) is 13.0 Å². The highest BCUT2D eigenvalue weighted by atomic mass is 16.3. The van der Waals surface area contributed by atoms with Gasteiger partial charge >= 0.3 is 6.03 Å². The zero-order valence-electron chi connectivity index (χ0n) is 11.5. The fourth-order valence-electron chi connectivity index (χ4n) is 1.62. The van der Waals surface area contributed by atoms with Crippen LogP contribution >= 0.6 is 0 Å². The minimum absolute atomic E-state index is 0.0340. The van der Waals surface area contributed by atoms with E-state index in [4.69, 9.17) is 0 Å². The molecule has 19 heavy (non-hydrogen) atoms. The van der Waals surface area contributed by atoms with Gasteiger partial charge in [-0.15, -0.1) is 0 Å². The number of phenolic OH excluding ortho intramolecular Hbond substituents is 2. The van der Waals surface area contributed by atoms with Gasteiger partial charge in [-0.1, -0.05) is 6.07 Å². The highest BCUT2D eigenvalue weighted by Gasteiger charge is 2.10. The maximum absolute atomic E-state index is 11.3. The van der Waals surface area contributed by atoms with Crippen molar-refractivity contribution in [3.63, 3.8) is 0 Å². The fraction of sp³-hybridized carbons (Fsp3) is 0.462. The predicted molar refractivity (Wildman–Crippen MR) is 73.3 cm³/mol. The van der Waals surface area contributed by atoms with Gasteiger partial charge in [0, 0.05) is 44.9 Å². The molecule has 0 spiro atoms. The second-order valence-electron chi connectivity index (χ2n) is 4.55. The molecule has 106 valence electrons. The number of aromatic hydroxyl groups is 2. The maximum Gasteiger partial charge on any atom is 0.316 e. The number of urea groups is 1. The van der Waals surface area contributed by atoms with Crippen molar-refractivity contribution in [1.29, 1.82) is 0 Å². The van der Waals surface area contributed by atoms with E-state index in [-0.39, 0.29) is 23.6 Å². The Bertz CT molecular complexity index is 435. The Labute approximate surface area is 113 Å². The lowest BCUT2D eigenvalue weighted by Gasteiger charge is -2.17. The minimum atomic E-state index is -0.137. The number of rotatable bonds is 5. The van der Waals surface area contributed by atoms with Crippen LogP contribution in [0.4, 0.5) is 4.79 Å². The summed E-state index contributed by atoms with van der Waals surface area (Å²) in [5.41, 5.74) is 0.705. The summed E-state index contributed by atoms with van der Waals surface area (Å²) in [7, 11) is 3.36. The van der Waals surface area contributed by atoms with Gasteiger partial charge in [0.15, 0.2) is 0 Å². The summed E-state index contributed by atoms with van der Waals surface area (Å²) in [6.07, 6.45) is 0. The molecule has 0 aromatic heterocycles. The zero-order chi connectivity index (χ0) is 14.4. The quantitative estimate of drug-likeness (QED) is 0.600. The molecule has 1 aromatic carbocycles. The van der Waals surface area contributed by atoms with Crippen molar-refractivity contribution in [2.45, 2.75) is 13.0 Å². The van der Waals surface area contributed by atoms with E-state index in [2.05, 4.69) is 10.6 Å². The van der Waals surface area contributed by atoms with Gasteiger partial charge in [0.05, 0.1) is 0 Å². The summed E-state index contributed by atoms with van der Waals surface area (Å²) in [6, 6.07) is 4.29. The van der Waals surface area contributed by atoms with Crippen molar-refractivity contribution >= 4 is 6.03 Å². The van der Waals surface area contributed by atoms with Gasteiger partial charge in [-0.25, -0.2) is 4.79 Å². The SMILES string of the molecule is CC(NCCNC(=O)N(C)C)c1ccc(O)cc1O. The molecule has 1 unspecified atom stereocenters. The first kappa shape index (κ1) is 15.1. The van der Waals surface area contributed by atoms with Crippen molar-refractivity contribution in [2.24, 2.45) is 0 Å². The van der Waals surface area contributed by atoms with E-state index in [0.29, 0.717) is 18.7 Å². The third kappa shape index (κ3) is 4.67. The molecule has 0 fully saturated rings. The molecule has 0 heterocycles. The Balaban J connectivity index is 2.39. The second-order valence-corrected chi connectivity index (χ2v) is 4.55. The van der Waals surface area contributed by atoms with E-state index in [1.807, 2.05) is 6.92 Å². The van der Waals surface area contributed by atoms with Crippen LogP contribution in [0.25, 0.3) is 0 Å². The monoisotopic (exact) mass is 267 g/mol. The van der Waals surface area contributed by atoms with Crippen LogP contribution in [0, 0.1) is 0 Å². The van der Waals surface area contributed by atoms with Crippen LogP contribution in [0.2, 0.25) is 0 Å². The Hall–Kier alpha value is -1.95. The maximum atomic E-state index is 11.3. The summed E-state index contributed by atoms with van der Waals surface area (Å²) in [4.78, 5) is 12.7. The van der Waals surface area contributed by atoms with Crippen LogP contribution in [0.1, 0.15) is 18.5 Å². The molecule has 0 radical (unpaired) electrons. The second kappa shape index (κ2) is 6.84. The molecule has 1 atom stereocenters. The molecular formula is C13H21N3O3.